The highest BCUT2D eigenvalue weighted by Crippen LogP contribution is 2.32. The summed E-state index contributed by atoms with van der Waals surface area (Å²) in [6.07, 6.45) is 8.03. The highest BCUT2D eigenvalue weighted by molar-refractivity contribution is 5.63. The molecule has 2 unspecified atom stereocenters. The molecule has 20 heavy (non-hydrogen) atoms. The summed E-state index contributed by atoms with van der Waals surface area (Å²) in [4.78, 5) is 8.61. The number of nitrogens with one attached hydrogen (secondary N) is 2. The van der Waals surface area contributed by atoms with E-state index in [2.05, 4.69) is 27.5 Å². The molecular weight excluding hydrogens is 252 g/mol. The van der Waals surface area contributed by atoms with Crippen LogP contribution in [-0.4, -0.2) is 29.7 Å². The minimum absolute atomic E-state index is 0.468. The van der Waals surface area contributed by atoms with Crippen LogP contribution in [0.15, 0.2) is 6.33 Å². The van der Waals surface area contributed by atoms with Crippen LogP contribution in [0.2, 0.25) is 0 Å². The van der Waals surface area contributed by atoms with Gasteiger partial charge in [-0.15, -0.1) is 0 Å². The Morgan fingerprint density at radius 3 is 2.70 bits per heavy atom. The first kappa shape index (κ1) is 14.9. The minimum atomic E-state index is 0.468. The van der Waals surface area contributed by atoms with E-state index < -0.39 is 0 Å². The van der Waals surface area contributed by atoms with Gasteiger partial charge in [-0.3, -0.25) is 0 Å². The van der Waals surface area contributed by atoms with Crippen molar-refractivity contribution in [3.8, 4) is 5.75 Å². The maximum absolute atomic E-state index is 5.49. The van der Waals surface area contributed by atoms with Crippen LogP contribution in [0.4, 0.5) is 11.6 Å². The summed E-state index contributed by atoms with van der Waals surface area (Å²) in [7, 11) is 1.67. The van der Waals surface area contributed by atoms with E-state index in [1.54, 1.807) is 13.4 Å². The normalized spacial score (nSPS) is 22.9. The lowest BCUT2D eigenvalue weighted by molar-refractivity contribution is 0.409. The summed E-state index contributed by atoms with van der Waals surface area (Å²) in [5.41, 5.74) is 0. The number of hydrogen-bond acceptors (Lipinski definition) is 5. The average Bonchev–Trinajstić information content (AvgIpc) is 2.65. The zero-order chi connectivity index (χ0) is 14.4. The fraction of sp³-hybridized carbons (Fsp3) is 0.733. The Balaban J connectivity index is 2.16. The van der Waals surface area contributed by atoms with E-state index in [4.69, 9.17) is 4.74 Å². The Hall–Kier alpha value is -1.52. The first-order valence-electron chi connectivity index (χ1n) is 7.65. The summed E-state index contributed by atoms with van der Waals surface area (Å²) in [6.45, 7) is 5.18. The van der Waals surface area contributed by atoms with Crippen molar-refractivity contribution < 1.29 is 4.74 Å². The quantitative estimate of drug-likeness (QED) is 0.809. The molecule has 1 heterocycles. The average molecular weight is 278 g/mol. The number of methoxy groups -OCH3 is 1. The Morgan fingerprint density at radius 1 is 1.20 bits per heavy atom. The summed E-state index contributed by atoms with van der Waals surface area (Å²) in [5.74, 6) is 2.94. The number of aromatic nitrogens is 2. The molecular formula is C15H26N4O. The lowest BCUT2D eigenvalue weighted by atomic mass is 9.97. The lowest BCUT2D eigenvalue weighted by Crippen LogP contribution is -2.27. The minimum Gasteiger partial charge on any atom is -0.490 e. The second-order valence-corrected chi connectivity index (χ2v) is 5.50. The third-order valence-corrected chi connectivity index (χ3v) is 4.04. The molecule has 0 spiro atoms. The molecule has 0 radical (unpaired) electrons. The smallest absolute Gasteiger partial charge is 0.204 e. The molecule has 2 rings (SSSR count). The molecule has 0 aromatic carbocycles. The van der Waals surface area contributed by atoms with Crippen LogP contribution in [0.5, 0.6) is 5.75 Å². The van der Waals surface area contributed by atoms with Crippen molar-refractivity contribution in [2.45, 2.75) is 52.0 Å². The Kier molecular flexibility index (Phi) is 5.44. The third-order valence-electron chi connectivity index (χ3n) is 4.04. The standard InChI is InChI=1S/C15H26N4O/c1-4-16-14-13(20-3)15(18-10-17-14)19-12-9-7-5-6-8-11(12)2/h10-12H,4-9H2,1-3H3,(H2,16,17,18,19). The predicted octanol–water partition coefficient (Wildman–Crippen LogP) is 3.30. The Morgan fingerprint density at radius 2 is 1.95 bits per heavy atom. The van der Waals surface area contributed by atoms with Crippen molar-refractivity contribution in [2.24, 2.45) is 5.92 Å². The number of rotatable bonds is 5. The van der Waals surface area contributed by atoms with Gasteiger partial charge < -0.3 is 15.4 Å². The van der Waals surface area contributed by atoms with Crippen LogP contribution in [0, 0.1) is 5.92 Å². The van der Waals surface area contributed by atoms with Gasteiger partial charge in [0.25, 0.3) is 0 Å². The number of nitrogens with zero attached hydrogens (tertiary/aromatic N) is 2. The molecule has 1 aliphatic carbocycles. The molecule has 112 valence electrons. The van der Waals surface area contributed by atoms with E-state index in [-0.39, 0.29) is 0 Å². The zero-order valence-corrected chi connectivity index (χ0v) is 12.8. The van der Waals surface area contributed by atoms with Crippen molar-refractivity contribution in [3.63, 3.8) is 0 Å². The summed E-state index contributed by atoms with van der Waals surface area (Å²) >= 11 is 0. The van der Waals surface area contributed by atoms with Gasteiger partial charge in [-0.25, -0.2) is 9.97 Å². The van der Waals surface area contributed by atoms with Gasteiger partial charge in [-0.1, -0.05) is 26.2 Å². The zero-order valence-electron chi connectivity index (χ0n) is 12.8. The molecule has 0 amide bonds. The molecule has 0 aliphatic heterocycles. The molecule has 5 heteroatoms. The molecule has 2 atom stereocenters. The number of ether oxygens (including phenoxy) is 1. The van der Waals surface area contributed by atoms with Crippen LogP contribution in [0.25, 0.3) is 0 Å². The summed E-state index contributed by atoms with van der Waals surface area (Å²) in [6, 6.07) is 0.468. The van der Waals surface area contributed by atoms with Gasteiger partial charge in [0.15, 0.2) is 11.6 Å². The first-order valence-corrected chi connectivity index (χ1v) is 7.65. The summed E-state index contributed by atoms with van der Waals surface area (Å²) < 4.78 is 5.49. The molecule has 1 aromatic heterocycles. The predicted molar refractivity (Wildman–Crippen MR) is 82.4 cm³/mol. The number of hydrogen-bond donors (Lipinski definition) is 2. The Bertz CT molecular complexity index is 424. The second-order valence-electron chi connectivity index (χ2n) is 5.50. The molecule has 0 bridgehead atoms. The largest absolute Gasteiger partial charge is 0.490 e. The topological polar surface area (TPSA) is 59.1 Å². The van der Waals surface area contributed by atoms with Crippen LogP contribution >= 0.6 is 0 Å². The molecule has 1 fully saturated rings. The van der Waals surface area contributed by atoms with E-state index in [0.29, 0.717) is 17.7 Å². The van der Waals surface area contributed by atoms with Crippen LogP contribution in [0.1, 0.15) is 46.0 Å². The van der Waals surface area contributed by atoms with Gasteiger partial charge in [-0.2, -0.15) is 0 Å². The lowest BCUT2D eigenvalue weighted by Gasteiger charge is -2.24. The van der Waals surface area contributed by atoms with E-state index >= 15 is 0 Å². The van der Waals surface area contributed by atoms with Gasteiger partial charge >= 0.3 is 0 Å². The molecule has 0 saturated heterocycles. The van der Waals surface area contributed by atoms with Crippen LogP contribution < -0.4 is 15.4 Å². The first-order chi connectivity index (χ1) is 9.76. The van der Waals surface area contributed by atoms with Gasteiger partial charge in [0.05, 0.1) is 7.11 Å². The molecule has 1 aromatic rings. The van der Waals surface area contributed by atoms with Gasteiger partial charge in [-0.05, 0) is 25.7 Å². The third kappa shape index (κ3) is 3.52. The van der Waals surface area contributed by atoms with E-state index in [1.807, 2.05) is 6.92 Å². The second kappa shape index (κ2) is 7.31. The summed E-state index contributed by atoms with van der Waals surface area (Å²) in [5, 5.41) is 6.78. The van der Waals surface area contributed by atoms with E-state index in [0.717, 1.165) is 18.2 Å². The van der Waals surface area contributed by atoms with Crippen molar-refractivity contribution >= 4 is 11.6 Å². The molecule has 1 saturated carbocycles. The fourth-order valence-electron chi connectivity index (χ4n) is 2.85. The van der Waals surface area contributed by atoms with Crippen molar-refractivity contribution in [2.75, 3.05) is 24.3 Å². The molecule has 2 N–H and O–H groups in total. The highest BCUT2D eigenvalue weighted by atomic mass is 16.5. The van der Waals surface area contributed by atoms with Crippen LogP contribution in [0.3, 0.4) is 0 Å². The molecule has 5 nitrogen and oxygen atoms in total. The van der Waals surface area contributed by atoms with Crippen molar-refractivity contribution in [1.29, 1.82) is 0 Å². The van der Waals surface area contributed by atoms with Gasteiger partial charge in [0.2, 0.25) is 5.75 Å². The van der Waals surface area contributed by atoms with E-state index in [1.165, 1.54) is 32.1 Å². The van der Waals surface area contributed by atoms with Crippen molar-refractivity contribution in [1.82, 2.24) is 9.97 Å². The van der Waals surface area contributed by atoms with Gasteiger partial charge in [0.1, 0.15) is 6.33 Å². The SMILES string of the molecule is CCNc1ncnc(NC2CCCCCC2C)c1OC. The maximum Gasteiger partial charge on any atom is 0.204 e. The number of anilines is 2. The Labute approximate surface area is 121 Å². The highest BCUT2D eigenvalue weighted by Gasteiger charge is 2.22. The van der Waals surface area contributed by atoms with Gasteiger partial charge in [0, 0.05) is 12.6 Å². The van der Waals surface area contributed by atoms with Crippen molar-refractivity contribution in [3.05, 3.63) is 6.33 Å². The van der Waals surface area contributed by atoms with Crippen LogP contribution in [-0.2, 0) is 0 Å². The van der Waals surface area contributed by atoms with E-state index in [9.17, 15) is 0 Å². The molecule has 1 aliphatic rings. The monoisotopic (exact) mass is 278 g/mol. The maximum atomic E-state index is 5.49. The fourth-order valence-corrected chi connectivity index (χ4v) is 2.85.